The molecule has 1 unspecified atom stereocenters. The van der Waals surface area contributed by atoms with Crippen LogP contribution in [0.1, 0.15) is 113 Å². The van der Waals surface area contributed by atoms with Gasteiger partial charge < -0.3 is 5.11 Å². The molecule has 2 rings (SSSR count). The Morgan fingerprint density at radius 2 is 1.53 bits per heavy atom. The fraction of sp³-hybridized carbons (Fsp3) is 0.607. The maximum Gasteiger partial charge on any atom is 0.336 e. The molecule has 0 amide bonds. The molecule has 2 aromatic rings. The Balaban J connectivity index is 2.18. The van der Waals surface area contributed by atoms with Crippen molar-refractivity contribution < 1.29 is 9.90 Å². The predicted molar refractivity (Wildman–Crippen MR) is 130 cm³/mol. The number of benzene rings is 2. The first-order chi connectivity index (χ1) is 14.6. The van der Waals surface area contributed by atoms with Crippen LogP contribution in [0.3, 0.4) is 0 Å². The van der Waals surface area contributed by atoms with Crippen molar-refractivity contribution in [1.82, 2.24) is 0 Å². The SMILES string of the molecule is CCCCCCCCC(C)Cc1cc2ccccc2c(C(=O)O)c1CCCCCC. The molecule has 2 aromatic carbocycles. The highest BCUT2D eigenvalue weighted by Gasteiger charge is 2.19. The highest BCUT2D eigenvalue weighted by molar-refractivity contribution is 6.05. The summed E-state index contributed by atoms with van der Waals surface area (Å²) < 4.78 is 0. The van der Waals surface area contributed by atoms with Crippen molar-refractivity contribution in [3.8, 4) is 0 Å². The number of hydrogen-bond acceptors (Lipinski definition) is 1. The number of fused-ring (bicyclic) bond motifs is 1. The third-order valence-corrected chi connectivity index (χ3v) is 6.36. The largest absolute Gasteiger partial charge is 0.478 e. The molecule has 0 aliphatic rings. The average molecular weight is 411 g/mol. The molecule has 1 atom stereocenters. The van der Waals surface area contributed by atoms with E-state index in [1.807, 2.05) is 18.2 Å². The summed E-state index contributed by atoms with van der Waals surface area (Å²) >= 11 is 0. The lowest BCUT2D eigenvalue weighted by molar-refractivity contribution is 0.0697. The zero-order valence-corrected chi connectivity index (χ0v) is 19.5. The fourth-order valence-corrected chi connectivity index (χ4v) is 4.64. The molecule has 166 valence electrons. The van der Waals surface area contributed by atoms with Crippen LogP contribution in [0.4, 0.5) is 0 Å². The third-order valence-electron chi connectivity index (χ3n) is 6.36. The zero-order chi connectivity index (χ0) is 21.8. The smallest absolute Gasteiger partial charge is 0.336 e. The van der Waals surface area contributed by atoms with Gasteiger partial charge in [-0.15, -0.1) is 0 Å². The molecule has 0 spiro atoms. The van der Waals surface area contributed by atoms with Crippen LogP contribution in [0, 0.1) is 5.92 Å². The molecular weight excluding hydrogens is 368 g/mol. The minimum absolute atomic E-state index is 0.548. The molecule has 0 saturated heterocycles. The standard InChI is InChI=1S/C28H42O2/c1-4-6-8-10-11-12-16-22(3)20-24-21-23-17-14-15-19-25(23)27(28(29)30)26(24)18-13-9-7-5-2/h14-15,17,19,21-22H,4-13,16,18,20H2,1-3H3,(H,29,30). The zero-order valence-electron chi connectivity index (χ0n) is 19.5. The van der Waals surface area contributed by atoms with Gasteiger partial charge in [-0.1, -0.05) is 115 Å². The second-order valence-corrected chi connectivity index (χ2v) is 9.09. The van der Waals surface area contributed by atoms with Gasteiger partial charge in [0.25, 0.3) is 0 Å². The van der Waals surface area contributed by atoms with Crippen molar-refractivity contribution in [2.75, 3.05) is 0 Å². The summed E-state index contributed by atoms with van der Waals surface area (Å²) in [6.45, 7) is 6.81. The molecule has 0 aliphatic heterocycles. The first kappa shape index (κ1) is 24.4. The molecule has 0 heterocycles. The van der Waals surface area contributed by atoms with E-state index in [1.54, 1.807) is 0 Å². The summed E-state index contributed by atoms with van der Waals surface area (Å²) in [4.78, 5) is 12.3. The van der Waals surface area contributed by atoms with Crippen LogP contribution in [-0.4, -0.2) is 11.1 Å². The molecular formula is C28H42O2. The number of rotatable bonds is 15. The van der Waals surface area contributed by atoms with E-state index in [2.05, 4.69) is 32.9 Å². The molecule has 0 aliphatic carbocycles. The summed E-state index contributed by atoms with van der Waals surface area (Å²) in [6, 6.07) is 10.3. The Kier molecular flexibility index (Phi) is 11.0. The van der Waals surface area contributed by atoms with E-state index >= 15 is 0 Å². The fourth-order valence-electron chi connectivity index (χ4n) is 4.64. The number of hydrogen-bond donors (Lipinski definition) is 1. The summed E-state index contributed by atoms with van der Waals surface area (Å²) in [6.07, 6.45) is 15.7. The first-order valence-corrected chi connectivity index (χ1v) is 12.3. The van der Waals surface area contributed by atoms with Gasteiger partial charge in [-0.05, 0) is 47.1 Å². The van der Waals surface area contributed by atoms with Crippen LogP contribution >= 0.6 is 0 Å². The number of carboxylic acid groups (broad SMARTS) is 1. The summed E-state index contributed by atoms with van der Waals surface area (Å²) in [5.41, 5.74) is 2.90. The Bertz CT molecular complexity index is 778. The molecule has 0 aromatic heterocycles. The van der Waals surface area contributed by atoms with Gasteiger partial charge in [0, 0.05) is 0 Å². The second-order valence-electron chi connectivity index (χ2n) is 9.09. The number of carboxylic acids is 1. The van der Waals surface area contributed by atoms with Gasteiger partial charge >= 0.3 is 5.97 Å². The van der Waals surface area contributed by atoms with Crippen molar-refractivity contribution in [1.29, 1.82) is 0 Å². The van der Waals surface area contributed by atoms with Gasteiger partial charge in [-0.2, -0.15) is 0 Å². The van der Waals surface area contributed by atoms with Crippen molar-refractivity contribution in [2.24, 2.45) is 5.92 Å². The van der Waals surface area contributed by atoms with Crippen LogP contribution in [0.25, 0.3) is 10.8 Å². The van der Waals surface area contributed by atoms with E-state index in [9.17, 15) is 9.90 Å². The normalized spacial score (nSPS) is 12.4. The summed E-state index contributed by atoms with van der Waals surface area (Å²) in [5.74, 6) is -0.185. The van der Waals surface area contributed by atoms with E-state index < -0.39 is 5.97 Å². The number of carbonyl (C=O) groups is 1. The van der Waals surface area contributed by atoms with Gasteiger partial charge in [0.2, 0.25) is 0 Å². The van der Waals surface area contributed by atoms with Crippen LogP contribution in [0.2, 0.25) is 0 Å². The molecule has 0 radical (unpaired) electrons. The molecule has 0 saturated carbocycles. The van der Waals surface area contributed by atoms with Crippen LogP contribution in [0.5, 0.6) is 0 Å². The van der Waals surface area contributed by atoms with Crippen molar-refractivity contribution in [3.63, 3.8) is 0 Å². The van der Waals surface area contributed by atoms with E-state index in [1.165, 1.54) is 69.8 Å². The number of unbranched alkanes of at least 4 members (excludes halogenated alkanes) is 8. The van der Waals surface area contributed by atoms with Crippen molar-refractivity contribution in [2.45, 2.75) is 104 Å². The minimum atomic E-state index is -0.776. The Labute approximate surface area is 184 Å². The van der Waals surface area contributed by atoms with E-state index in [0.29, 0.717) is 11.5 Å². The highest BCUT2D eigenvalue weighted by atomic mass is 16.4. The molecule has 0 fully saturated rings. The lowest BCUT2D eigenvalue weighted by atomic mass is 9.85. The Hall–Kier alpha value is -1.83. The molecule has 1 N–H and O–H groups in total. The number of aromatic carboxylic acids is 1. The van der Waals surface area contributed by atoms with E-state index in [0.717, 1.165) is 35.6 Å². The lowest BCUT2D eigenvalue weighted by Crippen LogP contribution is -2.10. The Morgan fingerprint density at radius 3 is 2.23 bits per heavy atom. The summed E-state index contributed by atoms with van der Waals surface area (Å²) in [7, 11) is 0. The topological polar surface area (TPSA) is 37.3 Å². The van der Waals surface area contributed by atoms with E-state index in [-0.39, 0.29) is 0 Å². The van der Waals surface area contributed by atoms with Gasteiger partial charge in [-0.25, -0.2) is 4.79 Å². The molecule has 30 heavy (non-hydrogen) atoms. The molecule has 0 bridgehead atoms. The van der Waals surface area contributed by atoms with Crippen LogP contribution in [0.15, 0.2) is 30.3 Å². The lowest BCUT2D eigenvalue weighted by Gasteiger charge is -2.19. The quantitative estimate of drug-likeness (QED) is 0.298. The van der Waals surface area contributed by atoms with E-state index in [4.69, 9.17) is 0 Å². The first-order valence-electron chi connectivity index (χ1n) is 12.3. The maximum atomic E-state index is 12.3. The van der Waals surface area contributed by atoms with Crippen LogP contribution < -0.4 is 0 Å². The van der Waals surface area contributed by atoms with Crippen LogP contribution in [-0.2, 0) is 12.8 Å². The van der Waals surface area contributed by atoms with Gasteiger partial charge in [0.05, 0.1) is 5.56 Å². The van der Waals surface area contributed by atoms with Crippen molar-refractivity contribution in [3.05, 3.63) is 47.0 Å². The molecule has 2 heteroatoms. The summed E-state index contributed by atoms with van der Waals surface area (Å²) in [5, 5.41) is 12.0. The molecule has 2 nitrogen and oxygen atoms in total. The van der Waals surface area contributed by atoms with Gasteiger partial charge in [0.15, 0.2) is 0 Å². The average Bonchev–Trinajstić information content (AvgIpc) is 2.73. The van der Waals surface area contributed by atoms with Gasteiger partial charge in [0.1, 0.15) is 0 Å². The monoisotopic (exact) mass is 410 g/mol. The Morgan fingerprint density at radius 1 is 0.900 bits per heavy atom. The maximum absolute atomic E-state index is 12.3. The highest BCUT2D eigenvalue weighted by Crippen LogP contribution is 2.30. The minimum Gasteiger partial charge on any atom is -0.478 e. The van der Waals surface area contributed by atoms with Gasteiger partial charge in [-0.3, -0.25) is 0 Å². The second kappa shape index (κ2) is 13.5. The van der Waals surface area contributed by atoms with Crippen molar-refractivity contribution >= 4 is 16.7 Å². The third kappa shape index (κ3) is 7.45. The predicted octanol–water partition coefficient (Wildman–Crippen LogP) is 8.59.